The average Bonchev–Trinajstić information content (AvgIpc) is 3.24. The van der Waals surface area contributed by atoms with Crippen molar-refractivity contribution in [3.8, 4) is 11.3 Å². The van der Waals surface area contributed by atoms with Gasteiger partial charge in [-0.1, -0.05) is 42.0 Å². The van der Waals surface area contributed by atoms with E-state index in [0.717, 1.165) is 30.6 Å². The highest BCUT2D eigenvalue weighted by atomic mass is 16.1. The third-order valence-corrected chi connectivity index (χ3v) is 5.53. The summed E-state index contributed by atoms with van der Waals surface area (Å²) in [5.41, 5.74) is 6.87. The second-order valence-corrected chi connectivity index (χ2v) is 7.48. The molecular weight excluding hydrogens is 334 g/mol. The Morgan fingerprint density at radius 2 is 1.89 bits per heavy atom. The summed E-state index contributed by atoms with van der Waals surface area (Å²) in [6.07, 6.45) is 4.28. The highest BCUT2D eigenvalue weighted by molar-refractivity contribution is 5.90. The molecule has 138 valence electrons. The molecule has 0 saturated heterocycles. The molecule has 4 heteroatoms. The van der Waals surface area contributed by atoms with Gasteiger partial charge in [0.25, 0.3) is 11.7 Å². The number of hydrogen-bond acceptors (Lipinski definition) is 1. The molecule has 1 aliphatic heterocycles. The summed E-state index contributed by atoms with van der Waals surface area (Å²) in [5, 5.41) is 3.08. The minimum atomic E-state index is 0.0180. The van der Waals surface area contributed by atoms with Crippen molar-refractivity contribution >= 4 is 11.6 Å². The van der Waals surface area contributed by atoms with Crippen LogP contribution >= 0.6 is 0 Å². The SMILES string of the molecule is Cc1ccc(-c2c[n+](CC(=O)Nc3cccc(C)c3C)c3n2CCC3)cc1. The topological polar surface area (TPSA) is 37.9 Å². The van der Waals surface area contributed by atoms with Gasteiger partial charge in [0, 0.05) is 11.3 Å². The molecule has 1 aromatic heterocycles. The molecule has 4 nitrogen and oxygen atoms in total. The van der Waals surface area contributed by atoms with E-state index in [9.17, 15) is 4.79 Å². The number of carbonyl (C=O) groups is 1. The molecule has 0 unspecified atom stereocenters. The normalized spacial score (nSPS) is 12.9. The first-order valence-corrected chi connectivity index (χ1v) is 9.58. The van der Waals surface area contributed by atoms with E-state index < -0.39 is 0 Å². The van der Waals surface area contributed by atoms with E-state index in [0.29, 0.717) is 6.54 Å². The molecule has 4 rings (SSSR count). The molecule has 27 heavy (non-hydrogen) atoms. The van der Waals surface area contributed by atoms with Crippen LogP contribution in [0.1, 0.15) is 28.9 Å². The second kappa shape index (κ2) is 7.03. The Kier molecular flexibility index (Phi) is 4.56. The molecule has 1 N–H and O–H groups in total. The summed E-state index contributed by atoms with van der Waals surface area (Å²) >= 11 is 0. The fourth-order valence-electron chi connectivity index (χ4n) is 3.83. The number of aryl methyl sites for hydroxylation is 2. The highest BCUT2D eigenvalue weighted by Crippen LogP contribution is 2.25. The lowest BCUT2D eigenvalue weighted by Crippen LogP contribution is -2.42. The first kappa shape index (κ1) is 17.5. The largest absolute Gasteiger partial charge is 0.322 e. The van der Waals surface area contributed by atoms with Gasteiger partial charge in [-0.3, -0.25) is 4.79 Å². The molecule has 1 amide bonds. The van der Waals surface area contributed by atoms with Crippen LogP contribution in [0.4, 0.5) is 5.69 Å². The molecule has 0 aliphatic carbocycles. The molecule has 2 heterocycles. The van der Waals surface area contributed by atoms with Crippen molar-refractivity contribution in [1.29, 1.82) is 0 Å². The van der Waals surface area contributed by atoms with Crippen LogP contribution in [-0.2, 0) is 24.3 Å². The van der Waals surface area contributed by atoms with E-state index in [1.54, 1.807) is 0 Å². The Balaban J connectivity index is 1.59. The maximum atomic E-state index is 12.7. The van der Waals surface area contributed by atoms with Crippen molar-refractivity contribution in [2.24, 2.45) is 0 Å². The highest BCUT2D eigenvalue weighted by Gasteiger charge is 2.29. The van der Waals surface area contributed by atoms with Crippen molar-refractivity contribution in [1.82, 2.24) is 4.57 Å². The lowest BCUT2D eigenvalue weighted by atomic mass is 10.1. The zero-order valence-electron chi connectivity index (χ0n) is 16.2. The number of carbonyl (C=O) groups excluding carboxylic acids is 1. The number of benzene rings is 2. The third kappa shape index (κ3) is 3.39. The predicted molar refractivity (Wildman–Crippen MR) is 108 cm³/mol. The van der Waals surface area contributed by atoms with E-state index in [1.807, 2.05) is 19.1 Å². The monoisotopic (exact) mass is 360 g/mol. The van der Waals surface area contributed by atoms with Gasteiger partial charge in [-0.2, -0.15) is 0 Å². The Morgan fingerprint density at radius 1 is 1.11 bits per heavy atom. The van der Waals surface area contributed by atoms with Crippen LogP contribution in [0, 0.1) is 20.8 Å². The molecule has 0 radical (unpaired) electrons. The molecule has 0 atom stereocenters. The van der Waals surface area contributed by atoms with E-state index >= 15 is 0 Å². The predicted octanol–water partition coefficient (Wildman–Crippen LogP) is 3.95. The zero-order chi connectivity index (χ0) is 19.0. The van der Waals surface area contributed by atoms with Crippen molar-refractivity contribution < 1.29 is 9.36 Å². The first-order valence-electron chi connectivity index (χ1n) is 9.58. The van der Waals surface area contributed by atoms with E-state index in [1.165, 1.54) is 28.2 Å². The maximum absolute atomic E-state index is 12.7. The summed E-state index contributed by atoms with van der Waals surface area (Å²) in [7, 11) is 0. The number of nitrogens with one attached hydrogen (secondary N) is 1. The minimum absolute atomic E-state index is 0.0180. The van der Waals surface area contributed by atoms with Crippen molar-refractivity contribution in [2.75, 3.05) is 5.32 Å². The number of aromatic nitrogens is 2. The molecule has 2 aromatic carbocycles. The maximum Gasteiger partial charge on any atom is 0.266 e. The van der Waals surface area contributed by atoms with Crippen molar-refractivity contribution in [3.63, 3.8) is 0 Å². The average molecular weight is 360 g/mol. The van der Waals surface area contributed by atoms with Crippen molar-refractivity contribution in [3.05, 3.63) is 71.2 Å². The smallest absolute Gasteiger partial charge is 0.266 e. The van der Waals surface area contributed by atoms with Gasteiger partial charge in [-0.15, -0.1) is 0 Å². The van der Waals surface area contributed by atoms with Gasteiger partial charge in [0.2, 0.25) is 0 Å². The zero-order valence-corrected chi connectivity index (χ0v) is 16.2. The first-order chi connectivity index (χ1) is 13.0. The molecule has 0 saturated carbocycles. The fraction of sp³-hybridized carbons (Fsp3) is 0.304. The number of fused-ring (bicyclic) bond motifs is 1. The van der Waals surface area contributed by atoms with E-state index in [4.69, 9.17) is 0 Å². The van der Waals surface area contributed by atoms with Gasteiger partial charge >= 0.3 is 0 Å². The number of hydrogen-bond donors (Lipinski definition) is 1. The van der Waals surface area contributed by atoms with Crippen LogP contribution in [0.15, 0.2) is 48.7 Å². The van der Waals surface area contributed by atoms with Gasteiger partial charge in [0.05, 0.1) is 13.0 Å². The van der Waals surface area contributed by atoms with Crippen LogP contribution < -0.4 is 9.88 Å². The summed E-state index contributed by atoms with van der Waals surface area (Å²) in [6.45, 7) is 7.57. The van der Waals surface area contributed by atoms with Crippen LogP contribution in [0.2, 0.25) is 0 Å². The summed E-state index contributed by atoms with van der Waals surface area (Å²) in [4.78, 5) is 12.7. The third-order valence-electron chi connectivity index (χ3n) is 5.53. The van der Waals surface area contributed by atoms with E-state index in [-0.39, 0.29) is 5.91 Å². The molecule has 0 bridgehead atoms. The number of anilines is 1. The van der Waals surface area contributed by atoms with Gasteiger partial charge in [-0.05, 0) is 44.4 Å². The molecule has 0 spiro atoms. The molecule has 1 aliphatic rings. The fourth-order valence-corrected chi connectivity index (χ4v) is 3.83. The Bertz CT molecular complexity index is 999. The number of nitrogens with zero attached hydrogens (tertiary/aromatic N) is 2. The van der Waals surface area contributed by atoms with Gasteiger partial charge in [0.1, 0.15) is 6.20 Å². The Morgan fingerprint density at radius 3 is 2.67 bits per heavy atom. The summed E-state index contributed by atoms with van der Waals surface area (Å²) in [6, 6.07) is 14.6. The second-order valence-electron chi connectivity index (χ2n) is 7.48. The lowest BCUT2D eigenvalue weighted by Gasteiger charge is -2.09. The molecule has 0 fully saturated rings. The van der Waals surface area contributed by atoms with Crippen LogP contribution in [0.25, 0.3) is 11.3 Å². The van der Waals surface area contributed by atoms with Crippen molar-refractivity contribution in [2.45, 2.75) is 46.7 Å². The van der Waals surface area contributed by atoms with Gasteiger partial charge in [-0.25, -0.2) is 9.13 Å². The lowest BCUT2D eigenvalue weighted by molar-refractivity contribution is -0.690. The quantitative estimate of drug-likeness (QED) is 0.703. The number of rotatable bonds is 4. The molecule has 3 aromatic rings. The standard InChI is InChI=1S/C23H25N3O/c1-16-9-11-19(12-10-16)21-14-25(23-8-5-13-26(21)23)15-22(27)24-20-7-4-6-17(2)18(20)3/h4,6-7,9-12,14H,5,8,13,15H2,1-3H3/p+1. The van der Waals surface area contributed by atoms with E-state index in [2.05, 4.69) is 64.8 Å². The Labute approximate surface area is 160 Å². The van der Waals surface area contributed by atoms with Crippen LogP contribution in [0.3, 0.4) is 0 Å². The molecular formula is C23H26N3O+. The van der Waals surface area contributed by atoms with Gasteiger partial charge < -0.3 is 5.32 Å². The summed E-state index contributed by atoms with van der Waals surface area (Å²) in [5.74, 6) is 1.26. The summed E-state index contributed by atoms with van der Waals surface area (Å²) < 4.78 is 4.47. The number of amides is 1. The van der Waals surface area contributed by atoms with Crippen LogP contribution in [-0.4, -0.2) is 10.5 Å². The van der Waals surface area contributed by atoms with Crippen LogP contribution in [0.5, 0.6) is 0 Å². The Hall–Kier alpha value is -2.88. The van der Waals surface area contributed by atoms with Gasteiger partial charge in [0.15, 0.2) is 12.2 Å². The number of imidazole rings is 1. The minimum Gasteiger partial charge on any atom is -0.322 e.